The lowest BCUT2D eigenvalue weighted by molar-refractivity contribution is -0.130. The molecule has 0 atom stereocenters. The van der Waals surface area contributed by atoms with E-state index in [1.807, 2.05) is 0 Å². The Morgan fingerprint density at radius 2 is 1.12 bits per heavy atom. The lowest BCUT2D eigenvalue weighted by atomic mass is 9.67. The molecule has 4 saturated carbocycles. The van der Waals surface area contributed by atoms with Gasteiger partial charge in [-0.25, -0.2) is 0 Å². The van der Waals surface area contributed by atoms with Crippen molar-refractivity contribution in [3.63, 3.8) is 0 Å². The predicted molar refractivity (Wildman–Crippen MR) is 133 cm³/mol. The first kappa shape index (κ1) is 24.5. The number of nitrogens with zero attached hydrogens (tertiary/aromatic N) is 2. The van der Waals surface area contributed by atoms with Crippen LogP contribution in [-0.4, -0.2) is 29.2 Å². The minimum absolute atomic E-state index is 0.305. The number of hydrogen-bond acceptors (Lipinski definition) is 5. The van der Waals surface area contributed by atoms with Crippen LogP contribution in [0.1, 0.15) is 133 Å². The first-order valence-corrected chi connectivity index (χ1v) is 14.5. The summed E-state index contributed by atoms with van der Waals surface area (Å²) >= 11 is 0. The number of ketones is 1. The van der Waals surface area contributed by atoms with Crippen LogP contribution >= 0.6 is 0 Å². The van der Waals surface area contributed by atoms with Crippen LogP contribution in [0.3, 0.4) is 0 Å². The number of carbonyl (C=O) groups is 1. The first-order valence-electron chi connectivity index (χ1n) is 14.5. The Hall–Kier alpha value is -1.23. The van der Waals surface area contributed by atoms with E-state index >= 15 is 0 Å². The van der Waals surface area contributed by atoms with Gasteiger partial charge in [-0.1, -0.05) is 6.92 Å². The van der Waals surface area contributed by atoms with Gasteiger partial charge in [0.2, 0.25) is 11.8 Å². The first-order chi connectivity index (χ1) is 16.6. The molecule has 4 aliphatic rings. The lowest BCUT2D eigenvalue weighted by Crippen LogP contribution is -2.33. The van der Waals surface area contributed by atoms with Gasteiger partial charge in [-0.05, 0) is 120 Å². The molecule has 5 heteroatoms. The Bertz CT molecular complexity index is 775. The van der Waals surface area contributed by atoms with Gasteiger partial charge in [-0.15, -0.1) is 10.2 Å². The van der Waals surface area contributed by atoms with Gasteiger partial charge in [-0.3, -0.25) is 4.79 Å². The summed E-state index contributed by atoms with van der Waals surface area (Å²) in [7, 11) is 1.80. The molecule has 0 aromatic carbocycles. The summed E-state index contributed by atoms with van der Waals surface area (Å²) in [4.78, 5) is 13.1. The van der Waals surface area contributed by atoms with Gasteiger partial charge in [-0.2, -0.15) is 0 Å². The minimum atomic E-state index is 0.305. The summed E-state index contributed by atoms with van der Waals surface area (Å²) in [5.74, 6) is 6.46. The number of rotatable bonds is 6. The molecule has 1 heterocycles. The molecule has 0 saturated heterocycles. The second-order valence-corrected chi connectivity index (χ2v) is 12.3. The fourth-order valence-electron chi connectivity index (χ4n) is 7.71. The van der Waals surface area contributed by atoms with Crippen LogP contribution in [0.25, 0.3) is 0 Å². The van der Waals surface area contributed by atoms with E-state index in [0.717, 1.165) is 68.1 Å². The van der Waals surface area contributed by atoms with Crippen LogP contribution in [0.2, 0.25) is 0 Å². The molecule has 0 bridgehead atoms. The Morgan fingerprint density at radius 1 is 0.676 bits per heavy atom. The standard InChI is InChI=1S/C29H46N2O3/c1-19-3-5-24(6-4-19)28-30-31-29(34-28)25-13-9-21(10-14-25)20-7-11-22(12-8-20)27(32)23-15-17-26(33-2)18-16-23/h19-26H,3-18H2,1-2H3. The fourth-order valence-corrected chi connectivity index (χ4v) is 7.71. The highest BCUT2D eigenvalue weighted by molar-refractivity contribution is 5.83. The van der Waals surface area contributed by atoms with Crippen LogP contribution in [0.5, 0.6) is 0 Å². The number of methoxy groups -OCH3 is 1. The second-order valence-electron chi connectivity index (χ2n) is 12.3. The number of carbonyl (C=O) groups excluding carboxylic acids is 1. The van der Waals surface area contributed by atoms with E-state index in [0.29, 0.717) is 35.6 Å². The quantitative estimate of drug-likeness (QED) is 0.439. The molecule has 0 radical (unpaired) electrons. The SMILES string of the molecule is COC1CCC(C(=O)C2CCC(C3CCC(c4nnc(C5CCC(C)CC5)o4)CC3)CC2)CC1. The van der Waals surface area contributed by atoms with E-state index in [1.54, 1.807) is 7.11 Å². The maximum atomic E-state index is 13.1. The van der Waals surface area contributed by atoms with Gasteiger partial charge in [0, 0.05) is 30.8 Å². The van der Waals surface area contributed by atoms with Gasteiger partial charge in [0.15, 0.2) is 0 Å². The molecule has 190 valence electrons. The highest BCUT2D eigenvalue weighted by Crippen LogP contribution is 2.45. The monoisotopic (exact) mass is 470 g/mol. The van der Waals surface area contributed by atoms with Crippen LogP contribution < -0.4 is 0 Å². The van der Waals surface area contributed by atoms with Gasteiger partial charge in [0.25, 0.3) is 0 Å². The van der Waals surface area contributed by atoms with Crippen molar-refractivity contribution < 1.29 is 13.9 Å². The van der Waals surface area contributed by atoms with E-state index in [4.69, 9.17) is 9.15 Å². The predicted octanol–water partition coefficient (Wildman–Crippen LogP) is 7.22. The van der Waals surface area contributed by atoms with Crippen LogP contribution in [0, 0.1) is 29.6 Å². The molecule has 0 N–H and O–H groups in total. The maximum Gasteiger partial charge on any atom is 0.219 e. The van der Waals surface area contributed by atoms with E-state index in [-0.39, 0.29) is 0 Å². The third-order valence-corrected chi connectivity index (χ3v) is 10.2. The van der Waals surface area contributed by atoms with E-state index < -0.39 is 0 Å². The Balaban J connectivity index is 1.05. The number of hydrogen-bond donors (Lipinski definition) is 0. The molecule has 34 heavy (non-hydrogen) atoms. The van der Waals surface area contributed by atoms with Crippen molar-refractivity contribution in [2.24, 2.45) is 29.6 Å². The molecule has 1 aromatic rings. The van der Waals surface area contributed by atoms with Crippen molar-refractivity contribution >= 4 is 5.78 Å². The normalized spacial score (nSPS) is 39.6. The Kier molecular flexibility index (Phi) is 8.08. The van der Waals surface area contributed by atoms with E-state index in [2.05, 4.69) is 17.1 Å². The van der Waals surface area contributed by atoms with Crippen molar-refractivity contribution in [2.75, 3.05) is 7.11 Å². The molecule has 5 nitrogen and oxygen atoms in total. The summed E-state index contributed by atoms with van der Waals surface area (Å²) in [5, 5.41) is 8.96. The fraction of sp³-hybridized carbons (Fsp3) is 0.897. The van der Waals surface area contributed by atoms with Crippen molar-refractivity contribution in [1.82, 2.24) is 10.2 Å². The van der Waals surface area contributed by atoms with Gasteiger partial charge in [0.1, 0.15) is 5.78 Å². The highest BCUT2D eigenvalue weighted by atomic mass is 16.5. The summed E-state index contributed by atoms with van der Waals surface area (Å²) in [5.41, 5.74) is 0. The van der Waals surface area contributed by atoms with Crippen LogP contribution in [-0.2, 0) is 9.53 Å². The van der Waals surface area contributed by atoms with Gasteiger partial charge >= 0.3 is 0 Å². The average molecular weight is 471 g/mol. The zero-order chi connectivity index (χ0) is 23.5. The Labute approximate surface area is 206 Å². The topological polar surface area (TPSA) is 65.2 Å². The summed E-state index contributed by atoms with van der Waals surface area (Å²) in [6.45, 7) is 2.35. The Morgan fingerprint density at radius 3 is 1.62 bits per heavy atom. The smallest absolute Gasteiger partial charge is 0.219 e. The molecular weight excluding hydrogens is 424 g/mol. The molecular formula is C29H46N2O3. The molecule has 0 unspecified atom stereocenters. The number of aromatic nitrogens is 2. The van der Waals surface area contributed by atoms with E-state index in [1.165, 1.54) is 64.2 Å². The zero-order valence-electron chi connectivity index (χ0n) is 21.6. The zero-order valence-corrected chi connectivity index (χ0v) is 21.6. The lowest BCUT2D eigenvalue weighted by Gasteiger charge is -2.38. The largest absolute Gasteiger partial charge is 0.425 e. The molecule has 4 aliphatic carbocycles. The highest BCUT2D eigenvalue weighted by Gasteiger charge is 2.37. The minimum Gasteiger partial charge on any atom is -0.425 e. The van der Waals surface area contributed by atoms with E-state index in [9.17, 15) is 4.79 Å². The molecule has 5 rings (SSSR count). The molecule has 0 spiro atoms. The van der Waals surface area contributed by atoms with Gasteiger partial charge < -0.3 is 9.15 Å². The van der Waals surface area contributed by atoms with Crippen LogP contribution in [0.4, 0.5) is 0 Å². The second kappa shape index (κ2) is 11.2. The molecule has 4 fully saturated rings. The average Bonchev–Trinajstić information content (AvgIpc) is 3.39. The summed E-state index contributed by atoms with van der Waals surface area (Å²) in [6, 6.07) is 0. The van der Waals surface area contributed by atoms with Gasteiger partial charge in [0.05, 0.1) is 6.10 Å². The van der Waals surface area contributed by atoms with Crippen molar-refractivity contribution in [1.29, 1.82) is 0 Å². The third kappa shape index (κ3) is 5.60. The molecule has 1 aromatic heterocycles. The van der Waals surface area contributed by atoms with Crippen LogP contribution in [0.15, 0.2) is 4.42 Å². The van der Waals surface area contributed by atoms with Crippen molar-refractivity contribution in [3.8, 4) is 0 Å². The summed E-state index contributed by atoms with van der Waals surface area (Å²) < 4.78 is 11.7. The number of ether oxygens (including phenoxy) is 1. The third-order valence-electron chi connectivity index (χ3n) is 10.2. The number of Topliss-reactive ketones (excluding diaryl/α,β-unsaturated/α-hetero) is 1. The van der Waals surface area contributed by atoms with Crippen molar-refractivity contribution in [3.05, 3.63) is 11.8 Å². The maximum absolute atomic E-state index is 13.1. The molecule has 0 aliphatic heterocycles. The summed E-state index contributed by atoms with van der Waals surface area (Å²) in [6.07, 6.45) is 19.3. The molecule has 0 amide bonds. The van der Waals surface area contributed by atoms with Crippen molar-refractivity contribution in [2.45, 2.75) is 128 Å².